The Balaban J connectivity index is 3.90. The van der Waals surface area contributed by atoms with E-state index < -0.39 is 5.97 Å². The fourth-order valence-corrected chi connectivity index (χ4v) is 1.82. The summed E-state index contributed by atoms with van der Waals surface area (Å²) in [6.45, 7) is 6.41. The number of rotatable bonds is 11. The largest absolute Gasteiger partial charge is 0.481 e. The summed E-state index contributed by atoms with van der Waals surface area (Å²) in [5.41, 5.74) is 0. The van der Waals surface area contributed by atoms with Crippen LogP contribution < -0.4 is 0 Å². The van der Waals surface area contributed by atoms with Crippen molar-refractivity contribution in [3.63, 3.8) is 0 Å². The highest BCUT2D eigenvalue weighted by Crippen LogP contribution is 2.06. The Morgan fingerprint density at radius 2 is 1.82 bits per heavy atom. The molecule has 0 bridgehead atoms. The lowest BCUT2D eigenvalue weighted by atomic mass is 10.1. The van der Waals surface area contributed by atoms with Crippen molar-refractivity contribution in [3.05, 3.63) is 0 Å². The minimum atomic E-state index is -0.743. The molecule has 0 saturated heterocycles. The van der Waals surface area contributed by atoms with Crippen LogP contribution in [0.1, 0.15) is 46.0 Å². The zero-order valence-corrected chi connectivity index (χ0v) is 11.2. The molecule has 0 aromatic heterocycles. The maximum atomic E-state index is 10.8. The van der Waals surface area contributed by atoms with Gasteiger partial charge >= 0.3 is 5.97 Å². The van der Waals surface area contributed by atoms with Crippen LogP contribution in [-0.4, -0.2) is 47.3 Å². The molecule has 17 heavy (non-hydrogen) atoms. The second-order valence-electron chi connectivity index (χ2n) is 4.68. The molecule has 0 aliphatic heterocycles. The smallest absolute Gasteiger partial charge is 0.307 e. The molecule has 0 aromatic rings. The van der Waals surface area contributed by atoms with Gasteiger partial charge in [-0.25, -0.2) is 0 Å². The van der Waals surface area contributed by atoms with E-state index >= 15 is 0 Å². The summed E-state index contributed by atoms with van der Waals surface area (Å²) in [6.07, 6.45) is 5.49. The van der Waals surface area contributed by atoms with E-state index in [0.29, 0.717) is 6.54 Å². The van der Waals surface area contributed by atoms with Crippen LogP contribution in [0.5, 0.6) is 0 Å². The van der Waals surface area contributed by atoms with Gasteiger partial charge in [-0.1, -0.05) is 33.1 Å². The van der Waals surface area contributed by atoms with Gasteiger partial charge in [0.2, 0.25) is 0 Å². The average Bonchev–Trinajstić information content (AvgIpc) is 2.30. The molecule has 0 aromatic carbocycles. The highest BCUT2D eigenvalue weighted by atomic mass is 16.4. The van der Waals surface area contributed by atoms with Crippen LogP contribution in [0.3, 0.4) is 0 Å². The van der Waals surface area contributed by atoms with Gasteiger partial charge < -0.3 is 15.1 Å². The lowest BCUT2D eigenvalue weighted by Crippen LogP contribution is -2.33. The van der Waals surface area contributed by atoms with Crippen LogP contribution in [0, 0.1) is 5.92 Å². The van der Waals surface area contributed by atoms with Gasteiger partial charge in [0.1, 0.15) is 0 Å². The number of carbonyl (C=O) groups is 1. The standard InChI is InChI=1S/C13H27NO3/c1-3-4-5-6-8-14(9-7-10-15)11-12(2)13(16)17/h12,15H,3-11H2,1-2H3,(H,16,17). The van der Waals surface area contributed by atoms with Gasteiger partial charge in [0.05, 0.1) is 5.92 Å². The van der Waals surface area contributed by atoms with Crippen LogP contribution in [-0.2, 0) is 4.79 Å². The molecule has 1 atom stereocenters. The maximum Gasteiger partial charge on any atom is 0.307 e. The van der Waals surface area contributed by atoms with Gasteiger partial charge in [-0.05, 0) is 19.4 Å². The third kappa shape index (κ3) is 9.12. The molecular weight excluding hydrogens is 218 g/mol. The highest BCUT2D eigenvalue weighted by Gasteiger charge is 2.15. The number of carboxylic acid groups (broad SMARTS) is 1. The molecule has 4 nitrogen and oxygen atoms in total. The fourth-order valence-electron chi connectivity index (χ4n) is 1.82. The molecule has 0 amide bonds. The Morgan fingerprint density at radius 1 is 1.18 bits per heavy atom. The number of nitrogens with zero attached hydrogens (tertiary/aromatic N) is 1. The summed E-state index contributed by atoms with van der Waals surface area (Å²) in [4.78, 5) is 13.0. The quantitative estimate of drug-likeness (QED) is 0.546. The lowest BCUT2D eigenvalue weighted by Gasteiger charge is -2.23. The van der Waals surface area contributed by atoms with Gasteiger partial charge in [0.15, 0.2) is 0 Å². The summed E-state index contributed by atoms with van der Waals surface area (Å²) in [6, 6.07) is 0. The van der Waals surface area contributed by atoms with Gasteiger partial charge in [0.25, 0.3) is 0 Å². The minimum Gasteiger partial charge on any atom is -0.481 e. The maximum absolute atomic E-state index is 10.8. The number of aliphatic carboxylic acids is 1. The molecule has 4 heteroatoms. The molecule has 1 unspecified atom stereocenters. The first-order valence-corrected chi connectivity index (χ1v) is 6.67. The van der Waals surface area contributed by atoms with Crippen LogP contribution in [0.2, 0.25) is 0 Å². The Hall–Kier alpha value is -0.610. The highest BCUT2D eigenvalue weighted by molar-refractivity contribution is 5.69. The fraction of sp³-hybridized carbons (Fsp3) is 0.923. The molecule has 0 aliphatic carbocycles. The van der Waals surface area contributed by atoms with E-state index in [4.69, 9.17) is 10.2 Å². The van der Waals surface area contributed by atoms with Crippen molar-refractivity contribution in [1.29, 1.82) is 0 Å². The molecule has 0 heterocycles. The Morgan fingerprint density at radius 3 is 2.35 bits per heavy atom. The van der Waals surface area contributed by atoms with Crippen molar-refractivity contribution in [2.45, 2.75) is 46.0 Å². The van der Waals surface area contributed by atoms with Crippen LogP contribution in [0.15, 0.2) is 0 Å². The number of aliphatic hydroxyl groups excluding tert-OH is 1. The van der Waals surface area contributed by atoms with Crippen LogP contribution >= 0.6 is 0 Å². The number of carboxylic acids is 1. The second-order valence-corrected chi connectivity index (χ2v) is 4.68. The molecule has 0 spiro atoms. The monoisotopic (exact) mass is 245 g/mol. The first-order chi connectivity index (χ1) is 8.11. The number of aliphatic hydroxyl groups is 1. The van der Waals surface area contributed by atoms with Gasteiger partial charge in [-0.3, -0.25) is 4.79 Å². The average molecular weight is 245 g/mol. The SMILES string of the molecule is CCCCCCN(CCCO)CC(C)C(=O)O. The summed E-state index contributed by atoms with van der Waals surface area (Å²) in [7, 11) is 0. The topological polar surface area (TPSA) is 60.8 Å². The third-order valence-corrected chi connectivity index (χ3v) is 2.91. The van der Waals surface area contributed by atoms with E-state index in [1.54, 1.807) is 6.92 Å². The van der Waals surface area contributed by atoms with Gasteiger partial charge in [-0.2, -0.15) is 0 Å². The molecular formula is C13H27NO3. The zero-order valence-electron chi connectivity index (χ0n) is 11.2. The second kappa shape index (κ2) is 10.5. The van der Waals surface area contributed by atoms with Crippen molar-refractivity contribution in [2.24, 2.45) is 5.92 Å². The molecule has 0 aliphatic rings. The summed E-state index contributed by atoms with van der Waals surface area (Å²) in [5, 5.41) is 17.7. The molecule has 102 valence electrons. The van der Waals surface area contributed by atoms with E-state index in [0.717, 1.165) is 25.9 Å². The first kappa shape index (κ1) is 16.4. The van der Waals surface area contributed by atoms with E-state index in [-0.39, 0.29) is 12.5 Å². The van der Waals surface area contributed by atoms with E-state index in [1.165, 1.54) is 19.3 Å². The number of hydrogen-bond acceptors (Lipinski definition) is 3. The molecule has 0 fully saturated rings. The van der Waals surface area contributed by atoms with Crippen molar-refractivity contribution >= 4 is 5.97 Å². The van der Waals surface area contributed by atoms with E-state index in [2.05, 4.69) is 11.8 Å². The number of hydrogen-bond donors (Lipinski definition) is 2. The van der Waals surface area contributed by atoms with Crippen molar-refractivity contribution < 1.29 is 15.0 Å². The molecule has 2 N–H and O–H groups in total. The molecule has 0 rings (SSSR count). The predicted octanol–water partition coefficient (Wildman–Crippen LogP) is 1.97. The van der Waals surface area contributed by atoms with Crippen molar-refractivity contribution in [2.75, 3.05) is 26.2 Å². The molecule has 0 saturated carbocycles. The Bertz CT molecular complexity index is 197. The minimum absolute atomic E-state index is 0.174. The summed E-state index contributed by atoms with van der Waals surface area (Å²) >= 11 is 0. The Kier molecular flexibility index (Phi) is 10.2. The predicted molar refractivity (Wildman–Crippen MR) is 69.1 cm³/mol. The van der Waals surface area contributed by atoms with Gasteiger partial charge in [-0.15, -0.1) is 0 Å². The Labute approximate surface area is 105 Å². The normalized spacial score (nSPS) is 12.9. The lowest BCUT2D eigenvalue weighted by molar-refractivity contribution is -0.141. The summed E-state index contributed by atoms with van der Waals surface area (Å²) in [5.74, 6) is -1.08. The third-order valence-electron chi connectivity index (χ3n) is 2.91. The van der Waals surface area contributed by atoms with E-state index in [9.17, 15) is 4.79 Å². The zero-order chi connectivity index (χ0) is 13.1. The number of unbranched alkanes of at least 4 members (excludes halogenated alkanes) is 3. The van der Waals surface area contributed by atoms with Crippen LogP contribution in [0.25, 0.3) is 0 Å². The van der Waals surface area contributed by atoms with Crippen molar-refractivity contribution in [3.8, 4) is 0 Å². The summed E-state index contributed by atoms with van der Waals surface area (Å²) < 4.78 is 0. The molecule has 0 radical (unpaired) electrons. The van der Waals surface area contributed by atoms with Gasteiger partial charge in [0, 0.05) is 19.7 Å². The van der Waals surface area contributed by atoms with Crippen molar-refractivity contribution in [1.82, 2.24) is 4.90 Å². The van der Waals surface area contributed by atoms with E-state index in [1.807, 2.05) is 0 Å². The first-order valence-electron chi connectivity index (χ1n) is 6.67. The van der Waals surface area contributed by atoms with Crippen LogP contribution in [0.4, 0.5) is 0 Å².